The number of benzene rings is 2. The number of nitrogens with one attached hydrogen (secondary N) is 2. The van der Waals surface area contributed by atoms with Gasteiger partial charge in [-0.25, -0.2) is 4.39 Å². The zero-order valence-electron chi connectivity index (χ0n) is 19.7. The average Bonchev–Trinajstić information content (AvgIpc) is 3.27. The summed E-state index contributed by atoms with van der Waals surface area (Å²) in [5.74, 6) is -0.945. The molecule has 1 aliphatic rings. The van der Waals surface area contributed by atoms with Crippen LogP contribution in [0.1, 0.15) is 75.6 Å². The van der Waals surface area contributed by atoms with Crippen molar-refractivity contribution in [3.8, 4) is 6.07 Å². The summed E-state index contributed by atoms with van der Waals surface area (Å²) in [6, 6.07) is 16.2. The number of carbonyl (C=O) groups is 2. The smallest absolute Gasteiger partial charge is 0.268 e. The van der Waals surface area contributed by atoms with Crippen molar-refractivity contribution in [3.05, 3.63) is 94.1 Å². The number of halogens is 1. The van der Waals surface area contributed by atoms with Crippen molar-refractivity contribution in [1.82, 2.24) is 15.2 Å². The number of rotatable bonds is 7. The molecule has 0 bridgehead atoms. The zero-order valence-corrected chi connectivity index (χ0v) is 19.7. The maximum absolute atomic E-state index is 13.3. The molecule has 2 aromatic carbocycles. The summed E-state index contributed by atoms with van der Waals surface area (Å²) in [6.07, 6.45) is 0.659. The SMILES string of the molecule is CC[C@@H](NC(=O)c1cc(C(=O)N[C@H](C)c2ccc(F)cc2)n2c1COCC2)c1ccc(C#N)cc1. The van der Waals surface area contributed by atoms with Crippen molar-refractivity contribution in [2.75, 3.05) is 6.61 Å². The van der Waals surface area contributed by atoms with E-state index in [1.54, 1.807) is 30.3 Å². The number of hydrogen-bond donors (Lipinski definition) is 2. The van der Waals surface area contributed by atoms with Gasteiger partial charge in [0.15, 0.2) is 0 Å². The topological polar surface area (TPSA) is 96.2 Å². The number of amides is 2. The Labute approximate surface area is 203 Å². The van der Waals surface area contributed by atoms with Gasteiger partial charge in [-0.2, -0.15) is 5.26 Å². The molecule has 2 amide bonds. The molecule has 4 rings (SSSR count). The van der Waals surface area contributed by atoms with Crippen LogP contribution in [-0.4, -0.2) is 23.0 Å². The molecule has 8 heteroatoms. The molecule has 0 spiro atoms. The fraction of sp³-hybridized carbons (Fsp3) is 0.296. The zero-order chi connectivity index (χ0) is 24.9. The second kappa shape index (κ2) is 10.5. The Hall–Kier alpha value is -3.96. The van der Waals surface area contributed by atoms with Crippen LogP contribution >= 0.6 is 0 Å². The van der Waals surface area contributed by atoms with E-state index in [2.05, 4.69) is 16.7 Å². The normalized spacial score (nSPS) is 14.3. The number of nitrogens with zero attached hydrogens (tertiary/aromatic N) is 2. The lowest BCUT2D eigenvalue weighted by Crippen LogP contribution is -2.31. The van der Waals surface area contributed by atoms with Crippen molar-refractivity contribution in [2.45, 2.75) is 45.5 Å². The van der Waals surface area contributed by atoms with Gasteiger partial charge in [-0.1, -0.05) is 31.2 Å². The predicted octanol–water partition coefficient (Wildman–Crippen LogP) is 4.40. The number of carbonyl (C=O) groups excluding carboxylic acids is 2. The molecule has 0 saturated carbocycles. The number of ether oxygens (including phenoxy) is 1. The van der Waals surface area contributed by atoms with Crippen LogP contribution < -0.4 is 10.6 Å². The predicted molar refractivity (Wildman–Crippen MR) is 128 cm³/mol. The van der Waals surface area contributed by atoms with Crippen molar-refractivity contribution >= 4 is 11.8 Å². The highest BCUT2D eigenvalue weighted by molar-refractivity contribution is 6.01. The highest BCUT2D eigenvalue weighted by Gasteiger charge is 2.27. The van der Waals surface area contributed by atoms with Gasteiger partial charge in [0, 0.05) is 6.54 Å². The third-order valence-corrected chi connectivity index (χ3v) is 6.26. The summed E-state index contributed by atoms with van der Waals surface area (Å²) in [6.45, 7) is 4.93. The minimum atomic E-state index is -0.341. The lowest BCUT2D eigenvalue weighted by Gasteiger charge is -2.21. The average molecular weight is 475 g/mol. The van der Waals surface area contributed by atoms with Gasteiger partial charge in [-0.15, -0.1) is 0 Å². The third-order valence-electron chi connectivity index (χ3n) is 6.26. The number of aromatic nitrogens is 1. The van der Waals surface area contributed by atoms with Crippen LogP contribution in [0.4, 0.5) is 4.39 Å². The second-order valence-electron chi connectivity index (χ2n) is 8.51. The van der Waals surface area contributed by atoms with Gasteiger partial charge < -0.3 is 19.9 Å². The Morgan fingerprint density at radius 3 is 2.43 bits per heavy atom. The minimum absolute atomic E-state index is 0.233. The molecule has 180 valence electrons. The quantitative estimate of drug-likeness (QED) is 0.531. The number of hydrogen-bond acceptors (Lipinski definition) is 4. The first kappa shape index (κ1) is 24.2. The molecule has 0 radical (unpaired) electrons. The summed E-state index contributed by atoms with van der Waals surface area (Å²) in [7, 11) is 0. The molecular weight excluding hydrogens is 447 g/mol. The van der Waals surface area contributed by atoms with Crippen LogP contribution in [0, 0.1) is 17.1 Å². The summed E-state index contributed by atoms with van der Waals surface area (Å²) in [4.78, 5) is 26.5. The van der Waals surface area contributed by atoms with Gasteiger partial charge in [-0.05, 0) is 54.8 Å². The molecule has 0 aliphatic carbocycles. The Bertz CT molecular complexity index is 1260. The van der Waals surface area contributed by atoms with Gasteiger partial charge in [0.05, 0.1) is 48.2 Å². The maximum atomic E-state index is 13.3. The first-order chi connectivity index (χ1) is 16.9. The van der Waals surface area contributed by atoms with E-state index in [1.165, 1.54) is 12.1 Å². The highest BCUT2D eigenvalue weighted by atomic mass is 19.1. The van der Waals surface area contributed by atoms with Gasteiger partial charge in [0.25, 0.3) is 11.8 Å². The minimum Gasteiger partial charge on any atom is -0.373 e. The van der Waals surface area contributed by atoms with Gasteiger partial charge in [0.1, 0.15) is 11.5 Å². The third kappa shape index (κ3) is 5.26. The lowest BCUT2D eigenvalue weighted by atomic mass is 10.0. The number of fused-ring (bicyclic) bond motifs is 1. The van der Waals surface area contributed by atoms with Crippen molar-refractivity contribution in [1.29, 1.82) is 5.26 Å². The molecule has 3 aromatic rings. The Kier molecular flexibility index (Phi) is 7.28. The van der Waals surface area contributed by atoms with Crippen LogP contribution in [0.25, 0.3) is 0 Å². The summed E-state index contributed by atoms with van der Waals surface area (Å²) < 4.78 is 20.7. The van der Waals surface area contributed by atoms with E-state index in [1.807, 2.05) is 30.5 Å². The summed E-state index contributed by atoms with van der Waals surface area (Å²) >= 11 is 0. The van der Waals surface area contributed by atoms with Gasteiger partial charge in [-0.3, -0.25) is 9.59 Å². The lowest BCUT2D eigenvalue weighted by molar-refractivity contribution is 0.0774. The van der Waals surface area contributed by atoms with Crippen LogP contribution in [-0.2, 0) is 17.9 Å². The van der Waals surface area contributed by atoms with Crippen molar-refractivity contribution in [2.24, 2.45) is 0 Å². The van der Waals surface area contributed by atoms with E-state index < -0.39 is 0 Å². The van der Waals surface area contributed by atoms with Crippen molar-refractivity contribution < 1.29 is 18.7 Å². The van der Waals surface area contributed by atoms with Crippen molar-refractivity contribution in [3.63, 3.8) is 0 Å². The Morgan fingerprint density at radius 2 is 1.77 bits per heavy atom. The van der Waals surface area contributed by atoms with Crippen LogP contribution in [0.15, 0.2) is 54.6 Å². The Balaban J connectivity index is 1.56. The molecular formula is C27H27FN4O3. The molecule has 0 fully saturated rings. The van der Waals surface area contributed by atoms with Crippen LogP contribution in [0.2, 0.25) is 0 Å². The van der Waals surface area contributed by atoms with Gasteiger partial charge >= 0.3 is 0 Å². The molecule has 35 heavy (non-hydrogen) atoms. The monoisotopic (exact) mass is 474 g/mol. The molecule has 1 aromatic heterocycles. The fourth-order valence-electron chi connectivity index (χ4n) is 4.26. The first-order valence-corrected chi connectivity index (χ1v) is 11.6. The molecule has 2 heterocycles. The maximum Gasteiger partial charge on any atom is 0.268 e. The fourth-order valence-corrected chi connectivity index (χ4v) is 4.26. The molecule has 2 atom stereocenters. The Morgan fingerprint density at radius 1 is 1.09 bits per heavy atom. The van der Waals surface area contributed by atoms with Gasteiger partial charge in [0.2, 0.25) is 0 Å². The second-order valence-corrected chi connectivity index (χ2v) is 8.51. The van der Waals surface area contributed by atoms with E-state index in [0.717, 1.165) is 11.1 Å². The van der Waals surface area contributed by atoms with E-state index in [4.69, 9.17) is 10.00 Å². The summed E-state index contributed by atoms with van der Waals surface area (Å²) in [5, 5.41) is 15.0. The molecule has 0 unspecified atom stereocenters. The largest absolute Gasteiger partial charge is 0.373 e. The summed E-state index contributed by atoms with van der Waals surface area (Å²) in [5.41, 5.74) is 3.67. The van der Waals surface area contributed by atoms with E-state index in [-0.39, 0.29) is 36.3 Å². The molecule has 0 saturated heterocycles. The number of nitriles is 1. The van der Waals surface area contributed by atoms with E-state index in [9.17, 15) is 14.0 Å². The molecule has 2 N–H and O–H groups in total. The molecule has 7 nitrogen and oxygen atoms in total. The first-order valence-electron chi connectivity index (χ1n) is 11.6. The standard InChI is InChI=1S/C27H27FN4O3/c1-3-23(20-6-4-18(15-29)5-7-20)31-26(33)22-14-24(32-12-13-35-16-25(22)32)27(34)30-17(2)19-8-10-21(28)11-9-19/h4-11,14,17,23H,3,12-13,16H2,1-2H3,(H,30,34)(H,31,33)/t17-,23-/m1/s1. The van der Waals surface area contributed by atoms with Crippen LogP contribution in [0.5, 0.6) is 0 Å². The van der Waals surface area contributed by atoms with E-state index >= 15 is 0 Å². The highest BCUT2D eigenvalue weighted by Crippen LogP contribution is 2.24. The molecule has 1 aliphatic heterocycles. The van der Waals surface area contributed by atoms with E-state index in [0.29, 0.717) is 42.1 Å². The van der Waals surface area contributed by atoms with Crippen LogP contribution in [0.3, 0.4) is 0 Å².